The summed E-state index contributed by atoms with van der Waals surface area (Å²) in [5, 5.41) is 5.37. The second kappa shape index (κ2) is 5.22. The van der Waals surface area contributed by atoms with Crippen molar-refractivity contribution in [2.45, 2.75) is 26.0 Å². The standard InChI is InChI=1S/C16H16N2O4/c1-10-5-6-13-12(8-10)18-15(20)16(2,22-13)14(19)17-9-11-4-3-7-21-11/h3-8H,9H2,1-2H3,(H,17,19)(H,18,20)/t16-/m0/s1. The second-order valence-electron chi connectivity index (χ2n) is 5.35. The van der Waals surface area contributed by atoms with Crippen molar-refractivity contribution < 1.29 is 18.7 Å². The van der Waals surface area contributed by atoms with Crippen molar-refractivity contribution in [3.05, 3.63) is 47.9 Å². The molecule has 22 heavy (non-hydrogen) atoms. The van der Waals surface area contributed by atoms with Crippen LogP contribution < -0.4 is 15.4 Å². The number of carbonyl (C=O) groups is 2. The van der Waals surface area contributed by atoms with Crippen molar-refractivity contribution in [1.29, 1.82) is 0 Å². The van der Waals surface area contributed by atoms with E-state index in [0.29, 0.717) is 17.2 Å². The summed E-state index contributed by atoms with van der Waals surface area (Å²) in [4.78, 5) is 24.6. The molecule has 1 aliphatic rings. The van der Waals surface area contributed by atoms with Gasteiger partial charge in [-0.25, -0.2) is 0 Å². The Hall–Kier alpha value is -2.76. The molecule has 2 heterocycles. The number of fused-ring (bicyclic) bond motifs is 1. The van der Waals surface area contributed by atoms with E-state index in [9.17, 15) is 9.59 Å². The van der Waals surface area contributed by atoms with Crippen LogP contribution in [-0.4, -0.2) is 17.4 Å². The highest BCUT2D eigenvalue weighted by Crippen LogP contribution is 2.34. The summed E-state index contributed by atoms with van der Waals surface area (Å²) in [5.41, 5.74) is -0.0516. The van der Waals surface area contributed by atoms with E-state index in [1.807, 2.05) is 13.0 Å². The van der Waals surface area contributed by atoms with Crippen LogP contribution in [0.3, 0.4) is 0 Å². The van der Waals surface area contributed by atoms with Gasteiger partial charge >= 0.3 is 0 Å². The van der Waals surface area contributed by atoms with Gasteiger partial charge in [-0.05, 0) is 43.7 Å². The molecule has 0 spiro atoms. The number of hydrogen-bond acceptors (Lipinski definition) is 4. The first kappa shape index (κ1) is 14.2. The fraction of sp³-hybridized carbons (Fsp3) is 0.250. The average Bonchev–Trinajstić information content (AvgIpc) is 2.99. The van der Waals surface area contributed by atoms with E-state index in [4.69, 9.17) is 9.15 Å². The average molecular weight is 300 g/mol. The largest absolute Gasteiger partial charge is 0.467 e. The van der Waals surface area contributed by atoms with Crippen LogP contribution in [0, 0.1) is 6.92 Å². The van der Waals surface area contributed by atoms with Gasteiger partial charge in [0.15, 0.2) is 0 Å². The molecule has 2 aromatic rings. The smallest absolute Gasteiger partial charge is 0.278 e. The molecule has 1 aromatic heterocycles. The van der Waals surface area contributed by atoms with Gasteiger partial charge in [0, 0.05) is 0 Å². The number of anilines is 1. The lowest BCUT2D eigenvalue weighted by Gasteiger charge is -2.33. The fourth-order valence-electron chi connectivity index (χ4n) is 2.24. The van der Waals surface area contributed by atoms with E-state index in [0.717, 1.165) is 5.56 Å². The lowest BCUT2D eigenvalue weighted by atomic mass is 10.0. The van der Waals surface area contributed by atoms with Crippen LogP contribution in [-0.2, 0) is 16.1 Å². The summed E-state index contributed by atoms with van der Waals surface area (Å²) in [5.74, 6) is 0.0558. The number of aryl methyl sites for hydroxylation is 1. The van der Waals surface area contributed by atoms with Crippen molar-refractivity contribution >= 4 is 17.5 Å². The third-order valence-corrected chi connectivity index (χ3v) is 3.57. The number of ether oxygens (including phenoxy) is 1. The van der Waals surface area contributed by atoms with Crippen molar-refractivity contribution in [2.75, 3.05) is 5.32 Å². The molecule has 6 heteroatoms. The minimum absolute atomic E-state index is 0.193. The third kappa shape index (κ3) is 2.43. The SMILES string of the molecule is Cc1ccc2c(c1)NC(=O)[C@](C)(C(=O)NCc1ccco1)O2. The van der Waals surface area contributed by atoms with Gasteiger partial charge in [-0.3, -0.25) is 9.59 Å². The fourth-order valence-corrected chi connectivity index (χ4v) is 2.24. The zero-order chi connectivity index (χ0) is 15.7. The Labute approximate surface area is 127 Å². The molecule has 0 saturated heterocycles. The molecular formula is C16H16N2O4. The summed E-state index contributed by atoms with van der Waals surface area (Å²) in [6.07, 6.45) is 1.52. The van der Waals surface area contributed by atoms with Crippen LogP contribution in [0.2, 0.25) is 0 Å². The van der Waals surface area contributed by atoms with E-state index in [2.05, 4.69) is 10.6 Å². The highest BCUT2D eigenvalue weighted by atomic mass is 16.5. The summed E-state index contributed by atoms with van der Waals surface area (Å²) < 4.78 is 10.8. The first-order chi connectivity index (χ1) is 10.5. The Balaban J connectivity index is 1.78. The van der Waals surface area contributed by atoms with Crippen LogP contribution in [0.4, 0.5) is 5.69 Å². The van der Waals surface area contributed by atoms with Crippen LogP contribution in [0.15, 0.2) is 41.0 Å². The highest BCUT2D eigenvalue weighted by Gasteiger charge is 2.47. The number of hydrogen-bond donors (Lipinski definition) is 2. The molecule has 2 N–H and O–H groups in total. The summed E-state index contributed by atoms with van der Waals surface area (Å²) in [6, 6.07) is 8.86. The molecule has 0 aliphatic carbocycles. The third-order valence-electron chi connectivity index (χ3n) is 3.57. The Bertz CT molecular complexity index is 724. The van der Waals surface area contributed by atoms with Crippen molar-refractivity contribution in [2.24, 2.45) is 0 Å². The molecule has 0 radical (unpaired) electrons. The van der Waals surface area contributed by atoms with Crippen LogP contribution in [0.5, 0.6) is 5.75 Å². The minimum atomic E-state index is -1.62. The molecule has 1 aromatic carbocycles. The number of benzene rings is 1. The van der Waals surface area contributed by atoms with Gasteiger partial charge in [0.05, 0.1) is 18.5 Å². The predicted molar refractivity (Wildman–Crippen MR) is 79.4 cm³/mol. The van der Waals surface area contributed by atoms with Crippen molar-refractivity contribution in [1.82, 2.24) is 5.32 Å². The van der Waals surface area contributed by atoms with Gasteiger partial charge < -0.3 is 19.8 Å². The number of amides is 2. The molecule has 1 aliphatic heterocycles. The predicted octanol–water partition coefficient (Wildman–Crippen LogP) is 1.99. The van der Waals surface area contributed by atoms with Crippen LogP contribution in [0.25, 0.3) is 0 Å². The Morgan fingerprint density at radius 3 is 2.91 bits per heavy atom. The lowest BCUT2D eigenvalue weighted by molar-refractivity contribution is -0.146. The molecule has 1 atom stereocenters. The van der Waals surface area contributed by atoms with Gasteiger partial charge in [-0.1, -0.05) is 6.07 Å². The zero-order valence-electron chi connectivity index (χ0n) is 12.3. The molecule has 114 valence electrons. The zero-order valence-corrected chi connectivity index (χ0v) is 12.3. The topological polar surface area (TPSA) is 80.6 Å². The van der Waals surface area contributed by atoms with Gasteiger partial charge in [0.25, 0.3) is 17.4 Å². The maximum absolute atomic E-state index is 12.4. The normalized spacial score (nSPS) is 19.8. The minimum Gasteiger partial charge on any atom is -0.467 e. The van der Waals surface area contributed by atoms with Gasteiger partial charge in [0.2, 0.25) is 0 Å². The Morgan fingerprint density at radius 2 is 2.18 bits per heavy atom. The van der Waals surface area contributed by atoms with Gasteiger partial charge in [-0.15, -0.1) is 0 Å². The first-order valence-corrected chi connectivity index (χ1v) is 6.91. The van der Waals surface area contributed by atoms with E-state index in [1.54, 1.807) is 24.3 Å². The number of nitrogens with one attached hydrogen (secondary N) is 2. The molecule has 0 fully saturated rings. The number of furan rings is 1. The maximum atomic E-state index is 12.4. The molecule has 0 bridgehead atoms. The van der Waals surface area contributed by atoms with Crippen LogP contribution in [0.1, 0.15) is 18.2 Å². The second-order valence-corrected chi connectivity index (χ2v) is 5.35. The first-order valence-electron chi connectivity index (χ1n) is 6.91. The van der Waals surface area contributed by atoms with E-state index in [1.165, 1.54) is 13.2 Å². The highest BCUT2D eigenvalue weighted by molar-refractivity contribution is 6.15. The summed E-state index contributed by atoms with van der Waals surface area (Å²) in [7, 11) is 0. The van der Waals surface area contributed by atoms with Crippen molar-refractivity contribution in [3.8, 4) is 5.75 Å². The van der Waals surface area contributed by atoms with E-state index < -0.39 is 17.4 Å². The maximum Gasteiger partial charge on any atom is 0.278 e. The molecule has 3 rings (SSSR count). The summed E-state index contributed by atoms with van der Waals surface area (Å²) >= 11 is 0. The molecule has 0 saturated carbocycles. The van der Waals surface area contributed by atoms with Crippen molar-refractivity contribution in [3.63, 3.8) is 0 Å². The Morgan fingerprint density at radius 1 is 1.36 bits per heavy atom. The molecular weight excluding hydrogens is 284 g/mol. The lowest BCUT2D eigenvalue weighted by Crippen LogP contribution is -2.58. The summed E-state index contributed by atoms with van der Waals surface area (Å²) in [6.45, 7) is 3.55. The molecule has 6 nitrogen and oxygen atoms in total. The van der Waals surface area contributed by atoms with Gasteiger partial charge in [-0.2, -0.15) is 0 Å². The molecule has 2 amide bonds. The van der Waals surface area contributed by atoms with Crippen LogP contribution >= 0.6 is 0 Å². The number of carbonyl (C=O) groups excluding carboxylic acids is 2. The Kier molecular flexibility index (Phi) is 3.36. The monoisotopic (exact) mass is 300 g/mol. The quantitative estimate of drug-likeness (QED) is 0.850. The van der Waals surface area contributed by atoms with E-state index in [-0.39, 0.29) is 6.54 Å². The van der Waals surface area contributed by atoms with Gasteiger partial charge in [0.1, 0.15) is 11.5 Å². The van der Waals surface area contributed by atoms with E-state index >= 15 is 0 Å². The number of rotatable bonds is 3. The molecule has 0 unspecified atom stereocenters.